The molecule has 0 saturated heterocycles. The van der Waals surface area contributed by atoms with Gasteiger partial charge in [-0.2, -0.15) is 0 Å². The standard InChI is InChI=1S/C16H12ClF4NO2/c17-14-9-11(18)3-6-13(14)15(23)22-8-7-10-1-4-12(5-2-10)24-16(19,20)21/h1-6,9H,7-8H2,(H,22,23). The molecule has 3 nitrogen and oxygen atoms in total. The maximum absolute atomic E-state index is 12.9. The first-order valence-corrected chi connectivity index (χ1v) is 7.20. The van der Waals surface area contributed by atoms with Crippen molar-refractivity contribution in [3.63, 3.8) is 0 Å². The van der Waals surface area contributed by atoms with Crippen molar-refractivity contribution in [3.8, 4) is 5.75 Å². The molecule has 1 N–H and O–H groups in total. The fraction of sp³-hybridized carbons (Fsp3) is 0.188. The van der Waals surface area contributed by atoms with Crippen LogP contribution >= 0.6 is 11.6 Å². The van der Waals surface area contributed by atoms with Gasteiger partial charge in [0.15, 0.2) is 0 Å². The van der Waals surface area contributed by atoms with E-state index in [2.05, 4.69) is 10.1 Å². The number of ether oxygens (including phenoxy) is 1. The molecule has 128 valence electrons. The third-order valence-corrected chi connectivity index (χ3v) is 3.34. The highest BCUT2D eigenvalue weighted by atomic mass is 35.5. The Labute approximate surface area is 140 Å². The molecule has 0 atom stereocenters. The second kappa shape index (κ2) is 7.53. The number of hydrogen-bond acceptors (Lipinski definition) is 2. The van der Waals surface area contributed by atoms with Gasteiger partial charge in [-0.05, 0) is 42.3 Å². The van der Waals surface area contributed by atoms with Crippen LogP contribution in [0.2, 0.25) is 5.02 Å². The van der Waals surface area contributed by atoms with E-state index in [1.165, 1.54) is 30.3 Å². The van der Waals surface area contributed by atoms with Crippen LogP contribution in [0.4, 0.5) is 17.6 Å². The molecule has 0 radical (unpaired) electrons. The molecule has 0 bridgehead atoms. The number of carbonyl (C=O) groups excluding carboxylic acids is 1. The lowest BCUT2D eigenvalue weighted by atomic mass is 10.1. The molecular formula is C16H12ClF4NO2. The largest absolute Gasteiger partial charge is 0.573 e. The Hall–Kier alpha value is -2.28. The summed E-state index contributed by atoms with van der Waals surface area (Å²) in [4.78, 5) is 11.9. The highest BCUT2D eigenvalue weighted by molar-refractivity contribution is 6.33. The van der Waals surface area contributed by atoms with Gasteiger partial charge < -0.3 is 10.1 Å². The van der Waals surface area contributed by atoms with Crippen LogP contribution in [0, 0.1) is 5.82 Å². The van der Waals surface area contributed by atoms with Crippen molar-refractivity contribution in [3.05, 3.63) is 64.4 Å². The minimum absolute atomic E-state index is 0.00107. The summed E-state index contributed by atoms with van der Waals surface area (Å²) < 4.78 is 52.8. The Morgan fingerprint density at radius 3 is 2.38 bits per heavy atom. The van der Waals surface area contributed by atoms with Crippen molar-refractivity contribution >= 4 is 17.5 Å². The topological polar surface area (TPSA) is 38.3 Å². The van der Waals surface area contributed by atoms with Crippen molar-refractivity contribution in [2.45, 2.75) is 12.8 Å². The molecule has 1 amide bonds. The molecular weight excluding hydrogens is 350 g/mol. The number of carbonyl (C=O) groups is 1. The van der Waals surface area contributed by atoms with Gasteiger partial charge in [0.05, 0.1) is 10.6 Å². The molecule has 0 aliphatic heterocycles. The molecule has 2 rings (SSSR count). The van der Waals surface area contributed by atoms with E-state index in [1.807, 2.05) is 0 Å². The normalized spacial score (nSPS) is 11.2. The van der Waals surface area contributed by atoms with Gasteiger partial charge in [-0.15, -0.1) is 13.2 Å². The zero-order chi connectivity index (χ0) is 17.7. The SMILES string of the molecule is O=C(NCCc1ccc(OC(F)(F)F)cc1)c1ccc(F)cc1Cl. The Balaban J connectivity index is 1.86. The highest BCUT2D eigenvalue weighted by Crippen LogP contribution is 2.22. The van der Waals surface area contributed by atoms with Crippen molar-refractivity contribution in [1.82, 2.24) is 5.32 Å². The van der Waals surface area contributed by atoms with Crippen LogP contribution in [0.25, 0.3) is 0 Å². The van der Waals surface area contributed by atoms with E-state index in [9.17, 15) is 22.4 Å². The monoisotopic (exact) mass is 361 g/mol. The first-order chi connectivity index (χ1) is 11.2. The Morgan fingerprint density at radius 2 is 1.79 bits per heavy atom. The molecule has 0 heterocycles. The second-order valence-corrected chi connectivity index (χ2v) is 5.23. The van der Waals surface area contributed by atoms with E-state index in [0.29, 0.717) is 6.42 Å². The molecule has 2 aromatic carbocycles. The van der Waals surface area contributed by atoms with E-state index < -0.39 is 18.1 Å². The summed E-state index contributed by atoms with van der Waals surface area (Å²) in [5, 5.41) is 2.60. The molecule has 24 heavy (non-hydrogen) atoms. The number of alkyl halides is 3. The fourth-order valence-electron chi connectivity index (χ4n) is 1.95. The first-order valence-electron chi connectivity index (χ1n) is 6.82. The average molecular weight is 362 g/mol. The second-order valence-electron chi connectivity index (χ2n) is 4.82. The first kappa shape index (κ1) is 18.1. The molecule has 8 heteroatoms. The fourth-order valence-corrected chi connectivity index (χ4v) is 2.20. The van der Waals surface area contributed by atoms with Crippen LogP contribution in [-0.4, -0.2) is 18.8 Å². The van der Waals surface area contributed by atoms with Crippen molar-refractivity contribution in [1.29, 1.82) is 0 Å². The van der Waals surface area contributed by atoms with Crippen LogP contribution in [0.5, 0.6) is 5.75 Å². The molecule has 0 fully saturated rings. The lowest BCUT2D eigenvalue weighted by Gasteiger charge is -2.10. The summed E-state index contributed by atoms with van der Waals surface area (Å²) in [7, 11) is 0. The summed E-state index contributed by atoms with van der Waals surface area (Å²) in [6.45, 7) is 0.242. The molecule has 0 aliphatic rings. The highest BCUT2D eigenvalue weighted by Gasteiger charge is 2.30. The van der Waals surface area contributed by atoms with Crippen LogP contribution in [0.3, 0.4) is 0 Å². The number of rotatable bonds is 5. The van der Waals surface area contributed by atoms with Gasteiger partial charge in [-0.1, -0.05) is 23.7 Å². The zero-order valence-electron chi connectivity index (χ0n) is 12.2. The van der Waals surface area contributed by atoms with Crippen molar-refractivity contribution < 1.29 is 27.1 Å². The predicted octanol–water partition coefficient (Wildman–Crippen LogP) is 4.35. The summed E-state index contributed by atoms with van der Waals surface area (Å²) in [5.74, 6) is -1.32. The Kier molecular flexibility index (Phi) is 5.66. The maximum atomic E-state index is 12.9. The lowest BCUT2D eigenvalue weighted by molar-refractivity contribution is -0.274. The van der Waals surface area contributed by atoms with E-state index in [4.69, 9.17) is 11.6 Å². The van der Waals surface area contributed by atoms with Gasteiger partial charge >= 0.3 is 6.36 Å². The Bertz CT molecular complexity index is 717. The van der Waals surface area contributed by atoms with Gasteiger partial charge in [0.1, 0.15) is 11.6 Å². The summed E-state index contributed by atoms with van der Waals surface area (Å²) in [6, 6.07) is 8.77. The number of halogens is 5. The molecule has 2 aromatic rings. The minimum Gasteiger partial charge on any atom is -0.406 e. The smallest absolute Gasteiger partial charge is 0.406 e. The van der Waals surface area contributed by atoms with Gasteiger partial charge in [-0.25, -0.2) is 4.39 Å². The average Bonchev–Trinajstić information content (AvgIpc) is 2.47. The number of benzene rings is 2. The van der Waals surface area contributed by atoms with Crippen molar-refractivity contribution in [2.75, 3.05) is 6.54 Å². The Morgan fingerprint density at radius 1 is 1.12 bits per heavy atom. The number of nitrogens with one attached hydrogen (secondary N) is 1. The molecule has 0 unspecified atom stereocenters. The summed E-state index contributed by atoms with van der Waals surface area (Å²) in [5.41, 5.74) is 0.863. The van der Waals surface area contributed by atoms with Gasteiger partial charge in [-0.3, -0.25) is 4.79 Å². The summed E-state index contributed by atoms with van der Waals surface area (Å²) in [6.07, 6.45) is -4.33. The third kappa shape index (κ3) is 5.42. The number of amides is 1. The maximum Gasteiger partial charge on any atom is 0.573 e. The van der Waals surface area contributed by atoms with E-state index in [0.717, 1.165) is 17.7 Å². The number of hydrogen-bond donors (Lipinski definition) is 1. The molecule has 0 aromatic heterocycles. The lowest BCUT2D eigenvalue weighted by Crippen LogP contribution is -2.26. The third-order valence-electron chi connectivity index (χ3n) is 3.03. The van der Waals surface area contributed by atoms with Crippen molar-refractivity contribution in [2.24, 2.45) is 0 Å². The predicted molar refractivity (Wildman–Crippen MR) is 80.6 cm³/mol. The van der Waals surface area contributed by atoms with Crippen LogP contribution in [0.15, 0.2) is 42.5 Å². The van der Waals surface area contributed by atoms with Crippen LogP contribution in [0.1, 0.15) is 15.9 Å². The van der Waals surface area contributed by atoms with Gasteiger partial charge in [0.2, 0.25) is 0 Å². The zero-order valence-corrected chi connectivity index (χ0v) is 12.9. The van der Waals surface area contributed by atoms with Gasteiger partial charge in [0.25, 0.3) is 5.91 Å². The van der Waals surface area contributed by atoms with E-state index in [-0.39, 0.29) is 22.9 Å². The molecule has 0 aliphatic carbocycles. The van der Waals surface area contributed by atoms with E-state index in [1.54, 1.807) is 0 Å². The summed E-state index contributed by atoms with van der Waals surface area (Å²) >= 11 is 5.78. The van der Waals surface area contributed by atoms with Crippen LogP contribution < -0.4 is 10.1 Å². The molecule has 0 saturated carbocycles. The quantitative estimate of drug-likeness (QED) is 0.804. The minimum atomic E-state index is -4.73. The van der Waals surface area contributed by atoms with Gasteiger partial charge in [0, 0.05) is 6.54 Å². The van der Waals surface area contributed by atoms with Crippen LogP contribution in [-0.2, 0) is 6.42 Å². The van der Waals surface area contributed by atoms with E-state index >= 15 is 0 Å². The molecule has 0 spiro atoms.